The van der Waals surface area contributed by atoms with E-state index in [1.165, 1.54) is 49.2 Å². The molecule has 0 bridgehead atoms. The number of hydrogen-bond acceptors (Lipinski definition) is 4. The Bertz CT molecular complexity index is 695. The summed E-state index contributed by atoms with van der Waals surface area (Å²) in [6.07, 6.45) is 6.00. The zero-order valence-corrected chi connectivity index (χ0v) is 15.2. The molecule has 1 aliphatic heterocycles. The molecular weight excluding hydrogens is 337 g/mol. The van der Waals surface area contributed by atoms with Crippen LogP contribution >= 0.6 is 11.3 Å². The van der Waals surface area contributed by atoms with E-state index in [2.05, 4.69) is 15.2 Å². The summed E-state index contributed by atoms with van der Waals surface area (Å²) in [4.78, 5) is 19.0. The predicted molar refractivity (Wildman–Crippen MR) is 99.2 cm³/mol. The minimum Gasteiger partial charge on any atom is -0.302 e. The summed E-state index contributed by atoms with van der Waals surface area (Å²) < 4.78 is 13.1. The zero-order chi connectivity index (χ0) is 17.5. The van der Waals surface area contributed by atoms with Gasteiger partial charge in [0.25, 0.3) is 0 Å². The number of nitrogens with one attached hydrogen (secondary N) is 1. The first-order chi connectivity index (χ1) is 12.2. The van der Waals surface area contributed by atoms with Gasteiger partial charge in [0, 0.05) is 18.3 Å². The average Bonchev–Trinajstić information content (AvgIpc) is 2.86. The van der Waals surface area contributed by atoms with Crippen LogP contribution in [0.3, 0.4) is 0 Å². The van der Waals surface area contributed by atoms with Gasteiger partial charge < -0.3 is 5.32 Å². The smallest absolute Gasteiger partial charge is 0.226 e. The van der Waals surface area contributed by atoms with E-state index in [4.69, 9.17) is 0 Å². The number of anilines is 1. The standard InChI is InChI=1S/C19H24FN3OS/c20-16-7-5-6-15(12-16)8-9-18(24)22-19-21-17(14-25-19)13-23-10-3-1-2-4-11-23/h5-7,12,14H,1-4,8-11,13H2,(H,21,22,24). The number of likely N-dealkylation sites (tertiary alicyclic amines) is 1. The summed E-state index contributed by atoms with van der Waals surface area (Å²) in [6, 6.07) is 6.37. The molecule has 0 atom stereocenters. The molecule has 0 spiro atoms. The largest absolute Gasteiger partial charge is 0.302 e. The van der Waals surface area contributed by atoms with Gasteiger partial charge in [0.15, 0.2) is 5.13 Å². The van der Waals surface area contributed by atoms with Crippen LogP contribution in [0.5, 0.6) is 0 Å². The summed E-state index contributed by atoms with van der Waals surface area (Å²) in [5.74, 6) is -0.351. The quantitative estimate of drug-likeness (QED) is 0.837. The fraction of sp³-hybridized carbons (Fsp3) is 0.474. The maximum atomic E-state index is 13.1. The van der Waals surface area contributed by atoms with Crippen molar-refractivity contribution in [1.29, 1.82) is 0 Å². The van der Waals surface area contributed by atoms with Gasteiger partial charge in [-0.3, -0.25) is 9.69 Å². The van der Waals surface area contributed by atoms with E-state index in [1.807, 2.05) is 11.4 Å². The van der Waals surface area contributed by atoms with Crippen LogP contribution in [-0.2, 0) is 17.8 Å². The first-order valence-corrected chi connectivity index (χ1v) is 9.78. The minimum atomic E-state index is -0.268. The molecule has 2 aromatic rings. The highest BCUT2D eigenvalue weighted by Gasteiger charge is 2.12. The van der Waals surface area contributed by atoms with E-state index in [1.54, 1.807) is 6.07 Å². The van der Waals surface area contributed by atoms with Crippen molar-refractivity contribution < 1.29 is 9.18 Å². The number of aromatic nitrogens is 1. The molecule has 3 rings (SSSR count). The molecule has 0 aliphatic carbocycles. The number of rotatable bonds is 6. The van der Waals surface area contributed by atoms with E-state index >= 15 is 0 Å². The van der Waals surface area contributed by atoms with Crippen molar-refractivity contribution in [2.24, 2.45) is 0 Å². The molecule has 1 aromatic carbocycles. The second-order valence-electron chi connectivity index (χ2n) is 6.51. The summed E-state index contributed by atoms with van der Waals surface area (Å²) in [5.41, 5.74) is 1.85. The van der Waals surface area contributed by atoms with Gasteiger partial charge >= 0.3 is 0 Å². The third-order valence-electron chi connectivity index (χ3n) is 4.41. The van der Waals surface area contributed by atoms with Gasteiger partial charge in [0.1, 0.15) is 5.82 Å². The van der Waals surface area contributed by atoms with Crippen molar-refractivity contribution in [3.63, 3.8) is 0 Å². The van der Waals surface area contributed by atoms with Gasteiger partial charge in [-0.2, -0.15) is 0 Å². The molecule has 0 radical (unpaired) electrons. The van der Waals surface area contributed by atoms with Crippen molar-refractivity contribution in [2.75, 3.05) is 18.4 Å². The fourth-order valence-corrected chi connectivity index (χ4v) is 3.81. The van der Waals surface area contributed by atoms with Crippen LogP contribution in [0, 0.1) is 5.82 Å². The Morgan fingerprint density at radius 1 is 1.24 bits per heavy atom. The molecule has 1 aromatic heterocycles. The van der Waals surface area contributed by atoms with Crippen molar-refractivity contribution in [3.8, 4) is 0 Å². The van der Waals surface area contributed by atoms with Crippen LogP contribution in [-0.4, -0.2) is 28.9 Å². The Hall–Kier alpha value is -1.79. The maximum Gasteiger partial charge on any atom is 0.226 e. The number of hydrogen-bond donors (Lipinski definition) is 1. The number of amides is 1. The highest BCUT2D eigenvalue weighted by atomic mass is 32.1. The molecule has 134 valence electrons. The maximum absolute atomic E-state index is 13.1. The Morgan fingerprint density at radius 2 is 2.04 bits per heavy atom. The van der Waals surface area contributed by atoms with Gasteiger partial charge in [0.05, 0.1) is 5.69 Å². The van der Waals surface area contributed by atoms with Crippen LogP contribution < -0.4 is 5.32 Å². The number of nitrogens with zero attached hydrogens (tertiary/aromatic N) is 2. The Labute approximate surface area is 152 Å². The molecule has 0 saturated carbocycles. The van der Waals surface area contributed by atoms with Crippen LogP contribution in [0.25, 0.3) is 0 Å². The average molecular weight is 361 g/mol. The van der Waals surface area contributed by atoms with Gasteiger partial charge in [-0.15, -0.1) is 11.3 Å². The number of carbonyl (C=O) groups is 1. The van der Waals surface area contributed by atoms with E-state index in [9.17, 15) is 9.18 Å². The number of carbonyl (C=O) groups excluding carboxylic acids is 1. The highest BCUT2D eigenvalue weighted by molar-refractivity contribution is 7.13. The summed E-state index contributed by atoms with van der Waals surface area (Å²) in [7, 11) is 0. The first-order valence-electron chi connectivity index (χ1n) is 8.90. The molecule has 1 saturated heterocycles. The number of halogens is 1. The lowest BCUT2D eigenvalue weighted by Crippen LogP contribution is -2.24. The topological polar surface area (TPSA) is 45.2 Å². The van der Waals surface area contributed by atoms with Crippen LogP contribution in [0.2, 0.25) is 0 Å². The lowest BCUT2D eigenvalue weighted by molar-refractivity contribution is -0.116. The minimum absolute atomic E-state index is 0.0834. The van der Waals surface area contributed by atoms with E-state index < -0.39 is 0 Å². The third kappa shape index (κ3) is 5.90. The lowest BCUT2D eigenvalue weighted by atomic mass is 10.1. The van der Waals surface area contributed by atoms with Gasteiger partial charge in [-0.1, -0.05) is 25.0 Å². The van der Waals surface area contributed by atoms with E-state index in [0.717, 1.165) is 30.9 Å². The summed E-state index contributed by atoms with van der Waals surface area (Å²) in [5, 5.41) is 5.52. The molecule has 6 heteroatoms. The van der Waals surface area contributed by atoms with Crippen molar-refractivity contribution in [2.45, 2.75) is 45.1 Å². The molecule has 2 heterocycles. The summed E-state index contributed by atoms with van der Waals surface area (Å²) in [6.45, 7) is 3.12. The molecule has 1 amide bonds. The first kappa shape index (κ1) is 18.0. The van der Waals surface area contributed by atoms with E-state index in [0.29, 0.717) is 18.0 Å². The summed E-state index contributed by atoms with van der Waals surface area (Å²) >= 11 is 1.47. The highest BCUT2D eigenvalue weighted by Crippen LogP contribution is 2.19. The Kier molecular flexibility index (Phi) is 6.53. The molecule has 4 nitrogen and oxygen atoms in total. The van der Waals surface area contributed by atoms with Crippen molar-refractivity contribution >= 4 is 22.4 Å². The normalized spacial score (nSPS) is 15.7. The van der Waals surface area contributed by atoms with Crippen LogP contribution in [0.15, 0.2) is 29.6 Å². The molecule has 0 unspecified atom stereocenters. The zero-order valence-electron chi connectivity index (χ0n) is 14.3. The van der Waals surface area contributed by atoms with Crippen LogP contribution in [0.4, 0.5) is 9.52 Å². The Morgan fingerprint density at radius 3 is 2.80 bits per heavy atom. The SMILES string of the molecule is O=C(CCc1cccc(F)c1)Nc1nc(CN2CCCCCC2)cs1. The van der Waals surface area contributed by atoms with Crippen molar-refractivity contribution in [3.05, 3.63) is 46.7 Å². The third-order valence-corrected chi connectivity index (χ3v) is 5.22. The molecule has 1 N–H and O–H groups in total. The van der Waals surface area contributed by atoms with Crippen molar-refractivity contribution in [1.82, 2.24) is 9.88 Å². The molecule has 25 heavy (non-hydrogen) atoms. The lowest BCUT2D eigenvalue weighted by Gasteiger charge is -2.17. The predicted octanol–water partition coefficient (Wildman–Crippen LogP) is 4.23. The van der Waals surface area contributed by atoms with E-state index in [-0.39, 0.29) is 11.7 Å². The molecule has 1 fully saturated rings. The fourth-order valence-electron chi connectivity index (χ4n) is 3.09. The number of thiazole rings is 1. The number of benzene rings is 1. The van der Waals surface area contributed by atoms with Gasteiger partial charge in [-0.25, -0.2) is 9.37 Å². The van der Waals surface area contributed by atoms with Gasteiger partial charge in [-0.05, 0) is 50.0 Å². The van der Waals surface area contributed by atoms with Gasteiger partial charge in [0.2, 0.25) is 5.91 Å². The second-order valence-corrected chi connectivity index (χ2v) is 7.37. The second kappa shape index (κ2) is 9.06. The van der Waals surface area contributed by atoms with Crippen LogP contribution in [0.1, 0.15) is 43.4 Å². The monoisotopic (exact) mass is 361 g/mol. The Balaban J connectivity index is 1.46. The number of aryl methyl sites for hydroxylation is 1. The molecular formula is C19H24FN3OS. The molecule has 1 aliphatic rings.